The molecule has 0 bridgehead atoms. The molecule has 1 aliphatic rings. The molecule has 180 valence electrons. The van der Waals surface area contributed by atoms with Gasteiger partial charge in [-0.15, -0.1) is 0 Å². The van der Waals surface area contributed by atoms with Crippen LogP contribution in [0.2, 0.25) is 0 Å². The molecule has 0 aromatic heterocycles. The van der Waals surface area contributed by atoms with E-state index in [0.29, 0.717) is 13.1 Å². The van der Waals surface area contributed by atoms with Crippen molar-refractivity contribution in [2.45, 2.75) is 43.0 Å². The number of hydrogen-bond donors (Lipinski definition) is 1. The highest BCUT2D eigenvalue weighted by Crippen LogP contribution is 2.29. The Morgan fingerprint density at radius 3 is 2.09 bits per heavy atom. The van der Waals surface area contributed by atoms with E-state index in [9.17, 15) is 26.9 Å². The number of nitro groups is 1. The number of nitrogens with zero attached hydrogens (tertiary/aromatic N) is 3. The third-order valence-electron chi connectivity index (χ3n) is 5.62. The minimum Gasteiger partial charge on any atom is -0.375 e. The highest BCUT2D eigenvalue weighted by Gasteiger charge is 2.27. The highest BCUT2D eigenvalue weighted by molar-refractivity contribution is 7.89. The molecule has 0 radical (unpaired) electrons. The molecule has 1 heterocycles. The summed E-state index contributed by atoms with van der Waals surface area (Å²) in [6.07, 6.45) is 1.71. The summed E-state index contributed by atoms with van der Waals surface area (Å²) in [4.78, 5) is 11.0. The fourth-order valence-corrected chi connectivity index (χ4v) is 6.73. The fourth-order valence-electron chi connectivity index (χ4n) is 3.74. The third kappa shape index (κ3) is 5.35. The van der Waals surface area contributed by atoms with E-state index in [1.165, 1.54) is 32.9 Å². The Morgan fingerprint density at radius 1 is 0.970 bits per heavy atom. The monoisotopic (exact) mass is 496 g/mol. The molecule has 0 spiro atoms. The molecule has 0 atom stereocenters. The van der Waals surface area contributed by atoms with Crippen molar-refractivity contribution >= 4 is 31.4 Å². The number of benzene rings is 2. The number of nitrogens with one attached hydrogen (secondary N) is 1. The predicted octanol–water partition coefficient (Wildman–Crippen LogP) is 3.02. The molecule has 0 aliphatic carbocycles. The normalized spacial score (nSPS) is 15.1. The topological polar surface area (TPSA) is 130 Å². The van der Waals surface area contributed by atoms with E-state index in [2.05, 4.69) is 5.32 Å². The molecule has 2 aromatic carbocycles. The van der Waals surface area contributed by atoms with E-state index in [-0.39, 0.29) is 40.8 Å². The summed E-state index contributed by atoms with van der Waals surface area (Å²) in [5, 5.41) is 14.5. The van der Waals surface area contributed by atoms with E-state index >= 15 is 0 Å². The van der Waals surface area contributed by atoms with Crippen molar-refractivity contribution in [2.75, 3.05) is 31.5 Å². The average molecular weight is 497 g/mol. The van der Waals surface area contributed by atoms with Crippen LogP contribution in [0.5, 0.6) is 0 Å². The highest BCUT2D eigenvalue weighted by atomic mass is 32.2. The number of nitro benzene ring substituents is 1. The van der Waals surface area contributed by atoms with Gasteiger partial charge in [0.25, 0.3) is 5.69 Å². The first kappa shape index (κ1) is 25.1. The second-order valence-corrected chi connectivity index (χ2v) is 11.5. The summed E-state index contributed by atoms with van der Waals surface area (Å²) in [5.41, 5.74) is 0.549. The van der Waals surface area contributed by atoms with Gasteiger partial charge in [0.2, 0.25) is 20.0 Å². The second kappa shape index (κ2) is 10.2. The van der Waals surface area contributed by atoms with Crippen LogP contribution < -0.4 is 5.32 Å². The summed E-state index contributed by atoms with van der Waals surface area (Å²) in [5.74, 6) is 0. The maximum Gasteiger partial charge on any atom is 0.293 e. The van der Waals surface area contributed by atoms with Gasteiger partial charge in [-0.1, -0.05) is 26.0 Å². The number of rotatable bonds is 10. The molecule has 33 heavy (non-hydrogen) atoms. The van der Waals surface area contributed by atoms with E-state index in [0.717, 1.165) is 24.5 Å². The zero-order valence-electron chi connectivity index (χ0n) is 18.6. The molecule has 0 amide bonds. The molecule has 2 aromatic rings. The van der Waals surface area contributed by atoms with Crippen LogP contribution in [0.15, 0.2) is 52.3 Å². The lowest BCUT2D eigenvalue weighted by atomic mass is 10.2. The van der Waals surface area contributed by atoms with E-state index < -0.39 is 25.0 Å². The molecule has 1 aliphatic heterocycles. The molecule has 10 nitrogen and oxygen atoms in total. The molecular formula is C21H28N4O6S2. The molecule has 3 rings (SSSR count). The first-order chi connectivity index (χ1) is 15.6. The second-order valence-electron chi connectivity index (χ2n) is 7.63. The molecule has 1 N–H and O–H groups in total. The van der Waals surface area contributed by atoms with Crippen LogP contribution in [-0.4, -0.2) is 56.5 Å². The van der Waals surface area contributed by atoms with Crippen LogP contribution in [0.4, 0.5) is 11.4 Å². The molecule has 0 saturated carbocycles. The van der Waals surface area contributed by atoms with Gasteiger partial charge < -0.3 is 5.32 Å². The van der Waals surface area contributed by atoms with Crippen molar-refractivity contribution in [3.05, 3.63) is 58.1 Å². The summed E-state index contributed by atoms with van der Waals surface area (Å²) in [6, 6.07) is 10.1. The van der Waals surface area contributed by atoms with Crippen LogP contribution in [0.25, 0.3) is 0 Å². The first-order valence-corrected chi connectivity index (χ1v) is 13.6. The van der Waals surface area contributed by atoms with Gasteiger partial charge in [-0.25, -0.2) is 16.8 Å². The van der Waals surface area contributed by atoms with Crippen LogP contribution in [0.1, 0.15) is 32.3 Å². The Hall–Kier alpha value is -2.54. The van der Waals surface area contributed by atoms with Crippen molar-refractivity contribution in [3.8, 4) is 0 Å². The Labute approximate surface area is 194 Å². The quantitative estimate of drug-likeness (QED) is 0.395. The maximum atomic E-state index is 12.7. The Kier molecular flexibility index (Phi) is 7.73. The lowest BCUT2D eigenvalue weighted by molar-refractivity contribution is -0.384. The molecule has 12 heteroatoms. The van der Waals surface area contributed by atoms with Gasteiger partial charge in [-0.2, -0.15) is 8.61 Å². The van der Waals surface area contributed by atoms with Crippen LogP contribution in [0, 0.1) is 10.1 Å². The summed E-state index contributed by atoms with van der Waals surface area (Å²) in [6.45, 7) is 5.17. The molecular weight excluding hydrogens is 468 g/mol. The average Bonchev–Trinajstić information content (AvgIpc) is 3.34. The number of sulfonamides is 2. The zero-order valence-corrected chi connectivity index (χ0v) is 20.2. The van der Waals surface area contributed by atoms with Gasteiger partial charge in [0.15, 0.2) is 0 Å². The Bertz CT molecular complexity index is 1200. The minimum absolute atomic E-state index is 0.139. The fraction of sp³-hybridized carbons (Fsp3) is 0.429. The summed E-state index contributed by atoms with van der Waals surface area (Å²) in [7, 11) is -7.33. The van der Waals surface area contributed by atoms with Crippen molar-refractivity contribution in [1.82, 2.24) is 8.61 Å². The summed E-state index contributed by atoms with van der Waals surface area (Å²) >= 11 is 0. The largest absolute Gasteiger partial charge is 0.375 e. The lowest BCUT2D eigenvalue weighted by Gasteiger charge is -2.18. The molecule has 0 unspecified atom stereocenters. The van der Waals surface area contributed by atoms with Crippen LogP contribution in [-0.2, 0) is 26.6 Å². The lowest BCUT2D eigenvalue weighted by Crippen LogP contribution is -2.30. The first-order valence-electron chi connectivity index (χ1n) is 10.7. The van der Waals surface area contributed by atoms with Crippen LogP contribution in [0.3, 0.4) is 0 Å². The van der Waals surface area contributed by atoms with Crippen molar-refractivity contribution in [2.24, 2.45) is 0 Å². The van der Waals surface area contributed by atoms with E-state index in [4.69, 9.17) is 0 Å². The van der Waals surface area contributed by atoms with Gasteiger partial charge in [0.1, 0.15) is 5.69 Å². The van der Waals surface area contributed by atoms with Gasteiger partial charge in [0, 0.05) is 38.8 Å². The van der Waals surface area contributed by atoms with Crippen molar-refractivity contribution < 1.29 is 21.8 Å². The summed E-state index contributed by atoms with van der Waals surface area (Å²) < 4.78 is 53.4. The SMILES string of the molecule is CCN(CC)S(=O)(=O)c1ccc(NCc2ccc(S(=O)(=O)N3CCCC3)cc2)c([N+](=O)[O-])c1. The van der Waals surface area contributed by atoms with E-state index in [1.54, 1.807) is 26.0 Å². The standard InChI is InChI=1S/C21H28N4O6S2/c1-3-23(4-2)33(30,31)19-11-12-20(21(15-19)25(26)27)22-16-17-7-9-18(10-8-17)32(28,29)24-13-5-6-14-24/h7-12,15,22H,3-6,13-14,16H2,1-2H3. The van der Waals surface area contributed by atoms with Crippen molar-refractivity contribution in [1.29, 1.82) is 0 Å². The van der Waals surface area contributed by atoms with Gasteiger partial charge in [-0.3, -0.25) is 10.1 Å². The number of anilines is 1. The Morgan fingerprint density at radius 2 is 1.55 bits per heavy atom. The third-order valence-corrected chi connectivity index (χ3v) is 9.58. The van der Waals surface area contributed by atoms with E-state index in [1.807, 2.05) is 0 Å². The zero-order chi connectivity index (χ0) is 24.2. The molecule has 1 saturated heterocycles. The minimum atomic E-state index is -3.83. The maximum absolute atomic E-state index is 12.7. The van der Waals surface area contributed by atoms with Crippen LogP contribution >= 0.6 is 0 Å². The number of hydrogen-bond acceptors (Lipinski definition) is 7. The van der Waals surface area contributed by atoms with Gasteiger partial charge in [-0.05, 0) is 42.7 Å². The Balaban J connectivity index is 1.78. The van der Waals surface area contributed by atoms with Crippen molar-refractivity contribution in [3.63, 3.8) is 0 Å². The predicted molar refractivity (Wildman–Crippen MR) is 125 cm³/mol. The molecule has 1 fully saturated rings. The van der Waals surface area contributed by atoms with Gasteiger partial charge in [0.05, 0.1) is 14.7 Å². The smallest absolute Gasteiger partial charge is 0.293 e. The van der Waals surface area contributed by atoms with Gasteiger partial charge >= 0.3 is 0 Å².